The second kappa shape index (κ2) is 8.67. The van der Waals surface area contributed by atoms with E-state index in [-0.39, 0.29) is 32.7 Å². The lowest BCUT2D eigenvalue weighted by Gasteiger charge is -2.17. The predicted molar refractivity (Wildman–Crippen MR) is 113 cm³/mol. The maximum atomic E-state index is 13.5. The average Bonchev–Trinajstić information content (AvgIpc) is 3.16. The first-order valence-electron chi connectivity index (χ1n) is 9.97. The molecule has 0 radical (unpaired) electrons. The predicted octanol–water partition coefficient (Wildman–Crippen LogP) is 10.3. The van der Waals surface area contributed by atoms with Crippen LogP contribution < -0.4 is 0 Å². The molecule has 0 nitrogen and oxygen atoms in total. The Morgan fingerprint density at radius 2 is 0.838 bits per heavy atom. The van der Waals surface area contributed by atoms with E-state index >= 15 is 0 Å². The fourth-order valence-corrected chi connectivity index (χ4v) is 4.93. The lowest BCUT2D eigenvalue weighted by Crippen LogP contribution is -2.11. The van der Waals surface area contributed by atoms with Gasteiger partial charge < -0.3 is 0 Å². The summed E-state index contributed by atoms with van der Waals surface area (Å²) in [5.41, 5.74) is -8.41. The van der Waals surface area contributed by atoms with Gasteiger partial charge in [-0.3, -0.25) is 0 Å². The van der Waals surface area contributed by atoms with Crippen molar-refractivity contribution in [3.63, 3.8) is 0 Å². The van der Waals surface area contributed by atoms with Gasteiger partial charge in [0.15, 0.2) is 0 Å². The number of alkyl halides is 12. The van der Waals surface area contributed by atoms with E-state index in [1.807, 2.05) is 0 Å². The van der Waals surface area contributed by atoms with Crippen LogP contribution in [0.15, 0.2) is 60.7 Å². The molecule has 3 aromatic carbocycles. The van der Waals surface area contributed by atoms with Gasteiger partial charge in [0.2, 0.25) is 0 Å². The van der Waals surface area contributed by atoms with Crippen LogP contribution in [0, 0.1) is 0 Å². The Bertz CT molecular complexity index is 1400. The van der Waals surface area contributed by atoms with Crippen molar-refractivity contribution in [2.45, 2.75) is 24.7 Å². The second-order valence-corrected chi connectivity index (χ2v) is 8.94. The van der Waals surface area contributed by atoms with Crippen molar-refractivity contribution in [1.29, 1.82) is 0 Å². The van der Waals surface area contributed by atoms with Crippen molar-refractivity contribution in [1.82, 2.24) is 0 Å². The lowest BCUT2D eigenvalue weighted by atomic mass is 9.94. The van der Waals surface area contributed by atoms with Crippen molar-refractivity contribution in [3.05, 3.63) is 82.9 Å². The van der Waals surface area contributed by atoms with Gasteiger partial charge in [-0.2, -0.15) is 52.7 Å². The number of rotatable bonds is 2. The Kier molecular flexibility index (Phi) is 6.29. The summed E-state index contributed by atoms with van der Waals surface area (Å²) >= 11 is 0.640. The Morgan fingerprint density at radius 3 is 1.24 bits per heavy atom. The minimum atomic E-state index is -5.22. The van der Waals surface area contributed by atoms with Crippen LogP contribution in [0.5, 0.6) is 0 Å². The molecule has 196 valence electrons. The molecule has 1 heterocycles. The molecule has 0 saturated carbocycles. The molecule has 0 spiro atoms. The summed E-state index contributed by atoms with van der Waals surface area (Å²) in [7, 11) is 0. The molecule has 0 amide bonds. The number of benzene rings is 3. The van der Waals surface area contributed by atoms with Crippen molar-refractivity contribution >= 4 is 21.4 Å². The van der Waals surface area contributed by atoms with Crippen molar-refractivity contribution in [2.75, 3.05) is 0 Å². The molecule has 0 aliphatic rings. The van der Waals surface area contributed by atoms with Gasteiger partial charge >= 0.3 is 24.7 Å². The highest BCUT2D eigenvalue weighted by Crippen LogP contribution is 2.49. The van der Waals surface area contributed by atoms with Crippen LogP contribution in [0.1, 0.15) is 22.3 Å². The summed E-state index contributed by atoms with van der Waals surface area (Å²) in [4.78, 5) is -0.356. The summed E-state index contributed by atoms with van der Waals surface area (Å²) in [5.74, 6) is 0. The third-order valence-corrected chi connectivity index (χ3v) is 6.54. The number of thiophene rings is 1. The van der Waals surface area contributed by atoms with Crippen LogP contribution in [0.25, 0.3) is 31.7 Å². The standard InChI is InChI=1S/C24H10F12S/c25-21(26,27)13-5-11(6-14(9-13)22(28,29)30)19-17-3-1-2-4-18(17)37-20(19)12-7-15(23(31,32)33)10-16(8-12)24(34,35)36/h1-10H. The third-order valence-electron chi connectivity index (χ3n) is 5.32. The Labute approximate surface area is 203 Å². The minimum absolute atomic E-state index is 0.0564. The van der Waals surface area contributed by atoms with E-state index in [9.17, 15) is 52.7 Å². The van der Waals surface area contributed by atoms with Crippen LogP contribution in [-0.4, -0.2) is 0 Å². The van der Waals surface area contributed by atoms with E-state index < -0.39 is 58.1 Å². The zero-order valence-corrected chi connectivity index (χ0v) is 18.5. The number of halogens is 12. The topological polar surface area (TPSA) is 0 Å². The largest absolute Gasteiger partial charge is 0.416 e. The zero-order valence-electron chi connectivity index (χ0n) is 17.7. The molecule has 0 N–H and O–H groups in total. The Balaban J connectivity index is 2.11. The van der Waals surface area contributed by atoms with Gasteiger partial charge in [0.25, 0.3) is 0 Å². The number of fused-ring (bicyclic) bond motifs is 1. The van der Waals surface area contributed by atoms with Gasteiger partial charge in [-0.05, 0) is 53.6 Å². The monoisotopic (exact) mass is 558 g/mol. The van der Waals surface area contributed by atoms with Gasteiger partial charge in [0, 0.05) is 20.5 Å². The van der Waals surface area contributed by atoms with Crippen LogP contribution in [0.4, 0.5) is 52.7 Å². The van der Waals surface area contributed by atoms with Crippen LogP contribution in [0.2, 0.25) is 0 Å². The molecule has 0 unspecified atom stereocenters. The first-order chi connectivity index (χ1) is 16.9. The van der Waals surface area contributed by atoms with Gasteiger partial charge in [-0.15, -0.1) is 11.3 Å². The van der Waals surface area contributed by atoms with Crippen molar-refractivity contribution < 1.29 is 52.7 Å². The van der Waals surface area contributed by atoms with Crippen LogP contribution >= 0.6 is 11.3 Å². The van der Waals surface area contributed by atoms with Gasteiger partial charge in [0.1, 0.15) is 0 Å². The highest BCUT2D eigenvalue weighted by atomic mass is 32.1. The summed E-state index contributed by atoms with van der Waals surface area (Å²) in [5, 5.41) is 0.0564. The maximum absolute atomic E-state index is 13.5. The molecule has 4 rings (SSSR count). The average molecular weight is 558 g/mol. The second-order valence-electron chi connectivity index (χ2n) is 7.89. The zero-order chi connectivity index (χ0) is 27.6. The van der Waals surface area contributed by atoms with E-state index in [0.717, 1.165) is 0 Å². The molecule has 0 saturated heterocycles. The first-order valence-corrected chi connectivity index (χ1v) is 10.8. The van der Waals surface area contributed by atoms with E-state index in [0.29, 0.717) is 35.6 Å². The maximum Gasteiger partial charge on any atom is 0.416 e. The fraction of sp³-hybridized carbons (Fsp3) is 0.167. The highest BCUT2D eigenvalue weighted by molar-refractivity contribution is 7.23. The summed E-state index contributed by atoms with van der Waals surface area (Å²) in [6.45, 7) is 0. The van der Waals surface area contributed by atoms with E-state index in [1.165, 1.54) is 24.3 Å². The molecule has 0 fully saturated rings. The Morgan fingerprint density at radius 1 is 0.459 bits per heavy atom. The van der Waals surface area contributed by atoms with Crippen LogP contribution in [-0.2, 0) is 24.7 Å². The quantitative estimate of drug-likeness (QED) is 0.215. The number of hydrogen-bond acceptors (Lipinski definition) is 1. The normalized spacial score (nSPS) is 13.4. The molecule has 4 aromatic rings. The SMILES string of the molecule is FC(F)(F)c1cc(-c2sc3ccccc3c2-c2cc(C(F)(F)F)cc(C(F)(F)F)c2)cc(C(F)(F)F)c1. The molecule has 13 heteroatoms. The van der Waals surface area contributed by atoms with Crippen molar-refractivity contribution in [2.24, 2.45) is 0 Å². The highest BCUT2D eigenvalue weighted by Gasteiger charge is 2.39. The first kappa shape index (κ1) is 26.8. The van der Waals surface area contributed by atoms with Gasteiger partial charge in [-0.25, -0.2) is 0 Å². The third kappa shape index (κ3) is 5.41. The summed E-state index contributed by atoms with van der Waals surface area (Å²) in [6.07, 6.45) is -20.9. The molecule has 0 aliphatic carbocycles. The molecular formula is C24H10F12S. The molecule has 0 bridgehead atoms. The van der Waals surface area contributed by atoms with Gasteiger partial charge in [-0.1, -0.05) is 18.2 Å². The summed E-state index contributed by atoms with van der Waals surface area (Å²) < 4.78 is 162. The van der Waals surface area contributed by atoms with E-state index in [2.05, 4.69) is 0 Å². The lowest BCUT2D eigenvalue weighted by molar-refractivity contribution is -0.144. The summed E-state index contributed by atoms with van der Waals surface area (Å²) in [6, 6.07) is 6.80. The molecule has 0 atom stereocenters. The minimum Gasteiger partial charge on any atom is -0.166 e. The number of hydrogen-bond donors (Lipinski definition) is 0. The van der Waals surface area contributed by atoms with E-state index in [1.54, 1.807) is 0 Å². The molecule has 37 heavy (non-hydrogen) atoms. The van der Waals surface area contributed by atoms with Crippen LogP contribution in [0.3, 0.4) is 0 Å². The van der Waals surface area contributed by atoms with Gasteiger partial charge in [0.05, 0.1) is 22.3 Å². The Hall–Kier alpha value is -3.22. The fourth-order valence-electron chi connectivity index (χ4n) is 3.72. The molecule has 1 aromatic heterocycles. The van der Waals surface area contributed by atoms with Crippen molar-refractivity contribution in [3.8, 4) is 21.6 Å². The molecule has 0 aliphatic heterocycles. The van der Waals surface area contributed by atoms with E-state index in [4.69, 9.17) is 0 Å². The smallest absolute Gasteiger partial charge is 0.166 e. The molecular weight excluding hydrogens is 548 g/mol.